The number of alkyl halides is 3. The van der Waals surface area contributed by atoms with Gasteiger partial charge in [-0.3, -0.25) is 0 Å². The van der Waals surface area contributed by atoms with Crippen molar-refractivity contribution in [2.24, 2.45) is 0 Å². The van der Waals surface area contributed by atoms with Crippen molar-refractivity contribution >= 4 is 11.6 Å². The molecule has 0 radical (unpaired) electrons. The van der Waals surface area contributed by atoms with Crippen LogP contribution in [0.15, 0.2) is 48.5 Å². The van der Waals surface area contributed by atoms with E-state index in [0.29, 0.717) is 22.0 Å². The van der Waals surface area contributed by atoms with Crippen LogP contribution in [0.3, 0.4) is 0 Å². The fourth-order valence-electron chi connectivity index (χ4n) is 2.01. The number of aromatic nitrogens is 4. The molecule has 3 aromatic rings. The van der Waals surface area contributed by atoms with Crippen LogP contribution in [0, 0.1) is 0 Å². The molecule has 0 aliphatic heterocycles. The van der Waals surface area contributed by atoms with Crippen molar-refractivity contribution in [2.75, 3.05) is 0 Å². The lowest BCUT2D eigenvalue weighted by Gasteiger charge is -2.10. The van der Waals surface area contributed by atoms with E-state index >= 15 is 0 Å². The summed E-state index contributed by atoms with van der Waals surface area (Å²) < 4.78 is 38.1. The standard InChI is InChI=1S/C15H10ClF3N4O/c16-13-6-4-11(5-7-13)14-20-21-22-23(14)24-9-10-2-1-3-12(8-10)15(17,18)19/h1-8H,9H2. The third-order valence-electron chi connectivity index (χ3n) is 3.15. The first-order chi connectivity index (χ1) is 11.4. The number of benzene rings is 2. The molecule has 2 aromatic carbocycles. The molecule has 0 amide bonds. The lowest BCUT2D eigenvalue weighted by atomic mass is 10.1. The number of nitrogens with zero attached hydrogens (tertiary/aromatic N) is 4. The minimum Gasteiger partial charge on any atom is -0.389 e. The second-order valence-electron chi connectivity index (χ2n) is 4.85. The molecule has 3 rings (SSSR count). The first-order valence-corrected chi connectivity index (χ1v) is 7.15. The zero-order valence-electron chi connectivity index (χ0n) is 12.0. The summed E-state index contributed by atoms with van der Waals surface area (Å²) in [6.07, 6.45) is -4.40. The first-order valence-electron chi connectivity index (χ1n) is 6.77. The van der Waals surface area contributed by atoms with Crippen LogP contribution in [0.5, 0.6) is 0 Å². The Bertz CT molecular complexity index is 833. The van der Waals surface area contributed by atoms with Crippen molar-refractivity contribution < 1.29 is 18.0 Å². The van der Waals surface area contributed by atoms with E-state index < -0.39 is 11.7 Å². The van der Waals surface area contributed by atoms with Gasteiger partial charge >= 0.3 is 6.18 Å². The Morgan fingerprint density at radius 3 is 2.54 bits per heavy atom. The van der Waals surface area contributed by atoms with Crippen LogP contribution in [0.4, 0.5) is 13.2 Å². The summed E-state index contributed by atoms with van der Waals surface area (Å²) in [7, 11) is 0. The zero-order chi connectivity index (χ0) is 17.2. The molecule has 1 aromatic heterocycles. The van der Waals surface area contributed by atoms with Crippen molar-refractivity contribution in [3.8, 4) is 11.4 Å². The number of rotatable bonds is 4. The Labute approximate surface area is 139 Å². The highest BCUT2D eigenvalue weighted by molar-refractivity contribution is 6.30. The molecule has 0 spiro atoms. The Morgan fingerprint density at radius 2 is 1.83 bits per heavy atom. The molecule has 24 heavy (non-hydrogen) atoms. The lowest BCUT2D eigenvalue weighted by Crippen LogP contribution is -2.15. The average Bonchev–Trinajstić information content (AvgIpc) is 3.02. The summed E-state index contributed by atoms with van der Waals surface area (Å²) in [5, 5.41) is 11.6. The van der Waals surface area contributed by atoms with Crippen molar-refractivity contribution in [3.63, 3.8) is 0 Å². The highest BCUT2D eigenvalue weighted by Gasteiger charge is 2.30. The van der Waals surface area contributed by atoms with Gasteiger partial charge in [0.25, 0.3) is 0 Å². The van der Waals surface area contributed by atoms with Gasteiger partial charge in [0.15, 0.2) is 0 Å². The van der Waals surface area contributed by atoms with Gasteiger partial charge in [-0.2, -0.15) is 13.2 Å². The van der Waals surface area contributed by atoms with Crippen LogP contribution in [0.25, 0.3) is 11.4 Å². The minimum absolute atomic E-state index is 0.116. The van der Waals surface area contributed by atoms with E-state index in [2.05, 4.69) is 15.5 Å². The maximum Gasteiger partial charge on any atom is 0.416 e. The largest absolute Gasteiger partial charge is 0.416 e. The van der Waals surface area contributed by atoms with E-state index in [1.165, 1.54) is 12.1 Å². The molecule has 0 fully saturated rings. The van der Waals surface area contributed by atoms with E-state index in [-0.39, 0.29) is 6.61 Å². The highest BCUT2D eigenvalue weighted by Crippen LogP contribution is 2.29. The molecule has 5 nitrogen and oxygen atoms in total. The van der Waals surface area contributed by atoms with Gasteiger partial charge in [-0.15, -0.1) is 5.10 Å². The van der Waals surface area contributed by atoms with Gasteiger partial charge in [-0.1, -0.05) is 28.6 Å². The lowest BCUT2D eigenvalue weighted by molar-refractivity contribution is -0.137. The maximum absolute atomic E-state index is 12.7. The second kappa shape index (κ2) is 6.48. The quantitative estimate of drug-likeness (QED) is 0.717. The fraction of sp³-hybridized carbons (Fsp3) is 0.133. The van der Waals surface area contributed by atoms with Crippen LogP contribution in [0.2, 0.25) is 5.02 Å². The Morgan fingerprint density at radius 1 is 1.08 bits per heavy atom. The normalized spacial score (nSPS) is 11.5. The number of hydrogen-bond donors (Lipinski definition) is 0. The number of hydrogen-bond acceptors (Lipinski definition) is 4. The molecule has 0 aliphatic rings. The summed E-state index contributed by atoms with van der Waals surface area (Å²) >= 11 is 5.82. The van der Waals surface area contributed by atoms with Gasteiger partial charge < -0.3 is 4.84 Å². The molecule has 124 valence electrons. The van der Waals surface area contributed by atoms with E-state index in [9.17, 15) is 13.2 Å². The van der Waals surface area contributed by atoms with Crippen LogP contribution in [-0.4, -0.2) is 20.4 Å². The average molecular weight is 355 g/mol. The molecular weight excluding hydrogens is 345 g/mol. The summed E-state index contributed by atoms with van der Waals surface area (Å²) in [4.78, 5) is 6.45. The summed E-state index contributed by atoms with van der Waals surface area (Å²) in [6, 6.07) is 11.6. The SMILES string of the molecule is FC(F)(F)c1cccc(COn2nnnc2-c2ccc(Cl)cc2)c1. The van der Waals surface area contributed by atoms with Crippen LogP contribution >= 0.6 is 11.6 Å². The van der Waals surface area contributed by atoms with Crippen molar-refractivity contribution in [3.05, 3.63) is 64.7 Å². The van der Waals surface area contributed by atoms with Gasteiger partial charge in [-0.25, -0.2) is 0 Å². The fourth-order valence-corrected chi connectivity index (χ4v) is 2.13. The number of halogens is 4. The Kier molecular flexibility index (Phi) is 4.39. The monoisotopic (exact) mass is 354 g/mol. The Hall–Kier alpha value is -2.61. The second-order valence-corrected chi connectivity index (χ2v) is 5.29. The van der Waals surface area contributed by atoms with Gasteiger partial charge in [0.1, 0.15) is 6.61 Å². The van der Waals surface area contributed by atoms with E-state index in [1.54, 1.807) is 24.3 Å². The van der Waals surface area contributed by atoms with E-state index in [4.69, 9.17) is 16.4 Å². The smallest absolute Gasteiger partial charge is 0.389 e. The molecule has 1 heterocycles. The van der Waals surface area contributed by atoms with Gasteiger partial charge in [0, 0.05) is 10.6 Å². The molecule has 0 saturated carbocycles. The Balaban J connectivity index is 1.77. The summed E-state index contributed by atoms with van der Waals surface area (Å²) in [5.41, 5.74) is 0.272. The summed E-state index contributed by atoms with van der Waals surface area (Å²) in [6.45, 7) is -0.116. The van der Waals surface area contributed by atoms with Crippen LogP contribution < -0.4 is 4.84 Å². The first kappa shape index (κ1) is 16.3. The molecule has 0 unspecified atom stereocenters. The van der Waals surface area contributed by atoms with Crippen molar-refractivity contribution in [1.29, 1.82) is 0 Å². The van der Waals surface area contributed by atoms with E-state index in [1.807, 2.05) is 0 Å². The molecule has 0 atom stereocenters. The topological polar surface area (TPSA) is 52.8 Å². The third-order valence-corrected chi connectivity index (χ3v) is 3.40. The van der Waals surface area contributed by atoms with Crippen LogP contribution in [0.1, 0.15) is 11.1 Å². The van der Waals surface area contributed by atoms with Crippen molar-refractivity contribution in [2.45, 2.75) is 12.8 Å². The highest BCUT2D eigenvalue weighted by atomic mass is 35.5. The number of tetrazole rings is 1. The predicted octanol–water partition coefficient (Wildman–Crippen LogP) is 3.64. The van der Waals surface area contributed by atoms with Gasteiger partial charge in [0.2, 0.25) is 5.82 Å². The minimum atomic E-state index is -4.40. The van der Waals surface area contributed by atoms with E-state index in [0.717, 1.165) is 17.0 Å². The predicted molar refractivity (Wildman–Crippen MR) is 80.0 cm³/mol. The summed E-state index contributed by atoms with van der Waals surface area (Å²) in [5.74, 6) is 0.318. The van der Waals surface area contributed by atoms with Crippen LogP contribution in [-0.2, 0) is 12.8 Å². The molecule has 9 heteroatoms. The van der Waals surface area contributed by atoms with Crippen molar-refractivity contribution in [1.82, 2.24) is 20.4 Å². The molecule has 0 saturated heterocycles. The molecule has 0 N–H and O–H groups in total. The maximum atomic E-state index is 12.7. The van der Waals surface area contributed by atoms with Gasteiger partial charge in [0.05, 0.1) is 5.56 Å². The molecule has 0 bridgehead atoms. The molecular formula is C15H10ClF3N4O. The third kappa shape index (κ3) is 3.65. The zero-order valence-corrected chi connectivity index (χ0v) is 12.8. The molecule has 0 aliphatic carbocycles. The van der Waals surface area contributed by atoms with Gasteiger partial charge in [-0.05, 0) is 52.4 Å².